The molecule has 104 valence electrons. The Morgan fingerprint density at radius 1 is 0.765 bits per heavy atom. The second kappa shape index (κ2) is 5.76. The van der Waals surface area contributed by atoms with Crippen LogP contribution in [0.2, 0.25) is 0 Å². The lowest BCUT2D eigenvalue weighted by molar-refractivity contribution is 0.111. The SMILES string of the molecule is CC(C)(C)C.CC1(C)CCC(C(C)(C)C)CC1. The maximum Gasteiger partial charge on any atom is -0.0354 e. The van der Waals surface area contributed by atoms with E-state index in [9.17, 15) is 0 Å². The molecule has 0 spiro atoms. The van der Waals surface area contributed by atoms with E-state index in [2.05, 4.69) is 62.3 Å². The summed E-state index contributed by atoms with van der Waals surface area (Å²) in [5.74, 6) is 0.963. The van der Waals surface area contributed by atoms with Gasteiger partial charge in [0.25, 0.3) is 0 Å². The van der Waals surface area contributed by atoms with Crippen molar-refractivity contribution in [1.29, 1.82) is 0 Å². The molecular weight excluding hydrogens is 204 g/mol. The summed E-state index contributed by atoms with van der Waals surface area (Å²) in [6.45, 7) is 20.7. The van der Waals surface area contributed by atoms with Crippen LogP contribution in [0.3, 0.4) is 0 Å². The normalized spacial score (nSPS) is 21.7. The monoisotopic (exact) mass is 240 g/mol. The zero-order valence-corrected chi connectivity index (χ0v) is 13.9. The van der Waals surface area contributed by atoms with Gasteiger partial charge in [0, 0.05) is 0 Å². The molecule has 0 bridgehead atoms. The number of rotatable bonds is 0. The van der Waals surface area contributed by atoms with E-state index >= 15 is 0 Å². The fourth-order valence-corrected chi connectivity index (χ4v) is 2.27. The van der Waals surface area contributed by atoms with E-state index in [1.54, 1.807) is 0 Å². The first-order chi connectivity index (χ1) is 7.31. The Morgan fingerprint density at radius 3 is 1.29 bits per heavy atom. The zero-order chi connectivity index (χ0) is 13.9. The molecule has 0 aliphatic heterocycles. The van der Waals surface area contributed by atoms with Crippen LogP contribution in [-0.2, 0) is 0 Å². The molecule has 1 aliphatic carbocycles. The molecule has 0 radical (unpaired) electrons. The Kier molecular flexibility index (Phi) is 5.76. The highest BCUT2D eigenvalue weighted by atomic mass is 14.4. The van der Waals surface area contributed by atoms with Gasteiger partial charge in [-0.15, -0.1) is 0 Å². The zero-order valence-electron chi connectivity index (χ0n) is 13.9. The molecule has 17 heavy (non-hydrogen) atoms. The number of hydrogen-bond acceptors (Lipinski definition) is 0. The van der Waals surface area contributed by atoms with Crippen LogP contribution < -0.4 is 0 Å². The van der Waals surface area contributed by atoms with Crippen molar-refractivity contribution in [3.8, 4) is 0 Å². The third-order valence-corrected chi connectivity index (χ3v) is 3.56. The average Bonchev–Trinajstić information content (AvgIpc) is 1.97. The van der Waals surface area contributed by atoms with Gasteiger partial charge in [0.05, 0.1) is 0 Å². The van der Waals surface area contributed by atoms with Crippen LogP contribution >= 0.6 is 0 Å². The van der Waals surface area contributed by atoms with Gasteiger partial charge < -0.3 is 0 Å². The predicted octanol–water partition coefficient (Wildman–Crippen LogP) is 6.30. The Hall–Kier alpha value is 0. The van der Waals surface area contributed by atoms with E-state index in [0.717, 1.165) is 5.92 Å². The average molecular weight is 240 g/mol. The van der Waals surface area contributed by atoms with Crippen LogP contribution in [0.15, 0.2) is 0 Å². The summed E-state index contributed by atoms with van der Waals surface area (Å²) in [6.07, 6.45) is 5.73. The Bertz CT molecular complexity index is 193. The lowest BCUT2D eigenvalue weighted by Crippen LogP contribution is -2.29. The maximum absolute atomic E-state index is 2.41. The molecule has 0 aromatic carbocycles. The van der Waals surface area contributed by atoms with Gasteiger partial charge in [-0.3, -0.25) is 0 Å². The lowest BCUT2D eigenvalue weighted by atomic mass is 9.65. The Labute approximate surface area is 111 Å². The van der Waals surface area contributed by atoms with Gasteiger partial charge in [-0.1, -0.05) is 62.3 Å². The standard InChI is InChI=1S/C12H24.C5H12/c1-11(2,3)10-6-8-12(4,5)9-7-10;1-5(2,3)4/h10H,6-9H2,1-5H3;1-4H3. The highest BCUT2D eigenvalue weighted by Crippen LogP contribution is 2.44. The fourth-order valence-electron chi connectivity index (χ4n) is 2.27. The topological polar surface area (TPSA) is 0 Å². The molecule has 0 N–H and O–H groups in total. The first-order valence-corrected chi connectivity index (χ1v) is 7.31. The highest BCUT2D eigenvalue weighted by Gasteiger charge is 2.32. The summed E-state index contributed by atoms with van der Waals surface area (Å²) in [5, 5.41) is 0. The number of hydrogen-bond donors (Lipinski definition) is 0. The van der Waals surface area contributed by atoms with Gasteiger partial charge in [-0.2, -0.15) is 0 Å². The molecule has 1 saturated carbocycles. The Morgan fingerprint density at radius 2 is 1.06 bits per heavy atom. The summed E-state index contributed by atoms with van der Waals surface area (Å²) in [6, 6.07) is 0. The summed E-state index contributed by atoms with van der Waals surface area (Å²) in [5.41, 5.74) is 1.66. The van der Waals surface area contributed by atoms with Gasteiger partial charge >= 0.3 is 0 Å². The molecule has 0 saturated heterocycles. The van der Waals surface area contributed by atoms with Crippen molar-refractivity contribution in [2.45, 2.75) is 88.0 Å². The Balaban J connectivity index is 0.000000437. The van der Waals surface area contributed by atoms with Crippen LogP contribution in [-0.4, -0.2) is 0 Å². The van der Waals surface area contributed by atoms with Crippen LogP contribution in [0.5, 0.6) is 0 Å². The maximum atomic E-state index is 2.41. The molecule has 0 nitrogen and oxygen atoms in total. The van der Waals surface area contributed by atoms with Crippen LogP contribution in [0.25, 0.3) is 0 Å². The van der Waals surface area contributed by atoms with Crippen molar-refractivity contribution in [2.24, 2.45) is 22.2 Å². The molecule has 0 amide bonds. The van der Waals surface area contributed by atoms with E-state index < -0.39 is 0 Å². The van der Waals surface area contributed by atoms with E-state index in [1.165, 1.54) is 25.7 Å². The molecule has 0 unspecified atom stereocenters. The van der Waals surface area contributed by atoms with Crippen molar-refractivity contribution < 1.29 is 0 Å². The second-order valence-electron chi connectivity index (χ2n) is 9.30. The summed E-state index contributed by atoms with van der Waals surface area (Å²) in [7, 11) is 0. The summed E-state index contributed by atoms with van der Waals surface area (Å²) >= 11 is 0. The molecule has 0 aromatic rings. The predicted molar refractivity (Wildman–Crippen MR) is 80.3 cm³/mol. The fraction of sp³-hybridized carbons (Fsp3) is 1.00. The lowest BCUT2D eigenvalue weighted by Gasteiger charge is -2.40. The molecule has 1 rings (SSSR count). The summed E-state index contributed by atoms with van der Waals surface area (Å²) < 4.78 is 0. The van der Waals surface area contributed by atoms with Crippen LogP contribution in [0.4, 0.5) is 0 Å². The minimum atomic E-state index is 0.500. The smallest absolute Gasteiger partial charge is 0.0354 e. The minimum absolute atomic E-state index is 0.500. The third kappa shape index (κ3) is 9.68. The third-order valence-electron chi connectivity index (χ3n) is 3.56. The molecule has 0 heterocycles. The van der Waals surface area contributed by atoms with Gasteiger partial charge in [-0.25, -0.2) is 0 Å². The van der Waals surface area contributed by atoms with Gasteiger partial charge in [-0.05, 0) is 47.8 Å². The van der Waals surface area contributed by atoms with E-state index in [0.29, 0.717) is 16.2 Å². The first kappa shape index (κ1) is 17.0. The molecule has 1 aliphatic rings. The van der Waals surface area contributed by atoms with Crippen molar-refractivity contribution in [2.75, 3.05) is 0 Å². The highest BCUT2D eigenvalue weighted by molar-refractivity contribution is 4.83. The molecule has 0 atom stereocenters. The van der Waals surface area contributed by atoms with Gasteiger partial charge in [0.1, 0.15) is 0 Å². The minimum Gasteiger partial charge on any atom is -0.0604 e. The molecular formula is C17H36. The van der Waals surface area contributed by atoms with Crippen molar-refractivity contribution in [1.82, 2.24) is 0 Å². The van der Waals surface area contributed by atoms with E-state index in [1.807, 2.05) is 0 Å². The van der Waals surface area contributed by atoms with Crippen molar-refractivity contribution in [3.63, 3.8) is 0 Å². The van der Waals surface area contributed by atoms with Crippen molar-refractivity contribution >= 4 is 0 Å². The van der Waals surface area contributed by atoms with Gasteiger partial charge in [0.15, 0.2) is 0 Å². The summed E-state index contributed by atoms with van der Waals surface area (Å²) in [4.78, 5) is 0. The van der Waals surface area contributed by atoms with E-state index in [-0.39, 0.29) is 0 Å². The largest absolute Gasteiger partial charge is 0.0604 e. The van der Waals surface area contributed by atoms with Crippen LogP contribution in [0, 0.1) is 22.2 Å². The molecule has 0 heteroatoms. The van der Waals surface area contributed by atoms with Gasteiger partial charge in [0.2, 0.25) is 0 Å². The van der Waals surface area contributed by atoms with E-state index in [4.69, 9.17) is 0 Å². The second-order valence-corrected chi connectivity index (χ2v) is 9.30. The van der Waals surface area contributed by atoms with Crippen LogP contribution in [0.1, 0.15) is 88.0 Å². The molecule has 0 aromatic heterocycles. The molecule has 1 fully saturated rings. The van der Waals surface area contributed by atoms with Crippen molar-refractivity contribution in [3.05, 3.63) is 0 Å². The first-order valence-electron chi connectivity index (χ1n) is 7.31. The quantitative estimate of drug-likeness (QED) is 0.466.